The van der Waals surface area contributed by atoms with Gasteiger partial charge in [-0.25, -0.2) is 4.98 Å². The highest BCUT2D eigenvalue weighted by Gasteiger charge is 1.98. The van der Waals surface area contributed by atoms with Gasteiger partial charge in [-0.3, -0.25) is 0 Å². The summed E-state index contributed by atoms with van der Waals surface area (Å²) in [6.07, 6.45) is 3.61. The van der Waals surface area contributed by atoms with Crippen LogP contribution in [0.4, 0.5) is 0 Å². The van der Waals surface area contributed by atoms with Crippen LogP contribution in [0.1, 0.15) is 0 Å². The Morgan fingerprint density at radius 2 is 2.58 bits per heavy atom. The standard InChI is InChI=1S/C9H9N2O/c1-12-7-11-6-4-8-3-2-5-10-9(8)11/h3-6H,7H2,1H3. The summed E-state index contributed by atoms with van der Waals surface area (Å²) in [6.45, 7) is 0.542. The van der Waals surface area contributed by atoms with E-state index in [2.05, 4.69) is 11.1 Å². The third-order valence-electron chi connectivity index (χ3n) is 1.73. The van der Waals surface area contributed by atoms with Gasteiger partial charge in [0, 0.05) is 31.0 Å². The van der Waals surface area contributed by atoms with E-state index >= 15 is 0 Å². The van der Waals surface area contributed by atoms with Gasteiger partial charge in [0.05, 0.1) is 0 Å². The first kappa shape index (κ1) is 7.31. The Hall–Kier alpha value is -1.35. The summed E-state index contributed by atoms with van der Waals surface area (Å²) >= 11 is 0. The lowest BCUT2D eigenvalue weighted by molar-refractivity contribution is 0.134. The van der Waals surface area contributed by atoms with Crippen LogP contribution in [0.25, 0.3) is 11.0 Å². The Balaban J connectivity index is 2.55. The van der Waals surface area contributed by atoms with Crippen molar-refractivity contribution in [3.05, 3.63) is 30.6 Å². The molecule has 0 spiro atoms. The maximum Gasteiger partial charge on any atom is 0.141 e. The number of aromatic nitrogens is 2. The van der Waals surface area contributed by atoms with Gasteiger partial charge in [0.25, 0.3) is 0 Å². The number of nitrogens with zero attached hydrogens (tertiary/aromatic N) is 2. The fraction of sp³-hybridized carbons (Fsp3) is 0.222. The van der Waals surface area contributed by atoms with Crippen LogP contribution >= 0.6 is 0 Å². The van der Waals surface area contributed by atoms with E-state index in [0.717, 1.165) is 11.0 Å². The Labute approximate surface area is 70.6 Å². The molecule has 0 bridgehead atoms. The minimum absolute atomic E-state index is 0.542. The van der Waals surface area contributed by atoms with Gasteiger partial charge in [-0.2, -0.15) is 0 Å². The normalized spacial score (nSPS) is 10.8. The Kier molecular flexibility index (Phi) is 1.80. The molecule has 61 valence electrons. The van der Waals surface area contributed by atoms with Crippen molar-refractivity contribution in [2.45, 2.75) is 6.73 Å². The monoisotopic (exact) mass is 161 g/mol. The minimum atomic E-state index is 0.542. The molecule has 2 rings (SSSR count). The number of fused-ring (bicyclic) bond motifs is 1. The summed E-state index contributed by atoms with van der Waals surface area (Å²) in [5.41, 5.74) is 0.940. The number of rotatable bonds is 2. The molecule has 0 saturated heterocycles. The Morgan fingerprint density at radius 3 is 3.42 bits per heavy atom. The molecule has 0 aliphatic heterocycles. The summed E-state index contributed by atoms with van der Waals surface area (Å²) in [6, 6.07) is 6.83. The van der Waals surface area contributed by atoms with E-state index in [0.29, 0.717) is 6.73 Å². The van der Waals surface area contributed by atoms with Crippen molar-refractivity contribution in [2.75, 3.05) is 7.11 Å². The molecular weight excluding hydrogens is 152 g/mol. The fourth-order valence-corrected chi connectivity index (χ4v) is 1.21. The van der Waals surface area contributed by atoms with Crippen molar-refractivity contribution in [1.82, 2.24) is 9.55 Å². The van der Waals surface area contributed by atoms with E-state index in [1.165, 1.54) is 0 Å². The maximum absolute atomic E-state index is 5.01. The highest BCUT2D eigenvalue weighted by Crippen LogP contribution is 2.11. The summed E-state index contributed by atoms with van der Waals surface area (Å²) in [5, 5.41) is 1.09. The van der Waals surface area contributed by atoms with E-state index in [1.54, 1.807) is 13.3 Å². The highest BCUT2D eigenvalue weighted by atomic mass is 16.5. The molecule has 0 unspecified atom stereocenters. The van der Waals surface area contributed by atoms with Gasteiger partial charge in [-0.15, -0.1) is 0 Å². The second kappa shape index (κ2) is 2.95. The molecule has 0 fully saturated rings. The van der Waals surface area contributed by atoms with Crippen LogP contribution in [0.15, 0.2) is 24.5 Å². The van der Waals surface area contributed by atoms with E-state index in [1.807, 2.05) is 22.9 Å². The molecule has 3 nitrogen and oxygen atoms in total. The largest absolute Gasteiger partial charge is 0.364 e. The molecule has 12 heavy (non-hydrogen) atoms. The molecule has 0 saturated carbocycles. The SMILES string of the molecule is COCn1ccc2c[c]cnc21. The van der Waals surface area contributed by atoms with Crippen LogP contribution in [-0.2, 0) is 11.5 Å². The van der Waals surface area contributed by atoms with Gasteiger partial charge in [0.2, 0.25) is 0 Å². The lowest BCUT2D eigenvalue weighted by atomic mass is 10.3. The lowest BCUT2D eigenvalue weighted by Gasteiger charge is -2.00. The van der Waals surface area contributed by atoms with Crippen molar-refractivity contribution in [2.24, 2.45) is 0 Å². The average molecular weight is 161 g/mol. The van der Waals surface area contributed by atoms with E-state index in [9.17, 15) is 0 Å². The van der Waals surface area contributed by atoms with Crippen LogP contribution in [0.3, 0.4) is 0 Å². The maximum atomic E-state index is 5.01. The Morgan fingerprint density at radius 1 is 1.67 bits per heavy atom. The molecule has 3 heteroatoms. The molecule has 0 N–H and O–H groups in total. The predicted octanol–water partition coefficient (Wildman–Crippen LogP) is 1.44. The van der Waals surface area contributed by atoms with Crippen molar-refractivity contribution < 1.29 is 4.74 Å². The van der Waals surface area contributed by atoms with Gasteiger partial charge >= 0.3 is 0 Å². The van der Waals surface area contributed by atoms with Crippen LogP contribution < -0.4 is 0 Å². The molecule has 1 radical (unpaired) electrons. The van der Waals surface area contributed by atoms with Gasteiger partial charge in [-0.1, -0.05) is 0 Å². The average Bonchev–Trinajstić information content (AvgIpc) is 2.50. The summed E-state index contributed by atoms with van der Waals surface area (Å²) in [4.78, 5) is 4.19. The Bertz CT molecular complexity index is 381. The second-order valence-electron chi connectivity index (χ2n) is 2.55. The van der Waals surface area contributed by atoms with Crippen LogP contribution in [0.2, 0.25) is 0 Å². The smallest absolute Gasteiger partial charge is 0.141 e. The van der Waals surface area contributed by atoms with Crippen molar-refractivity contribution in [1.29, 1.82) is 0 Å². The zero-order valence-corrected chi connectivity index (χ0v) is 6.82. The number of ether oxygens (including phenoxy) is 1. The molecule has 0 aliphatic carbocycles. The molecule has 2 heterocycles. The van der Waals surface area contributed by atoms with Crippen LogP contribution in [0, 0.1) is 6.07 Å². The van der Waals surface area contributed by atoms with Gasteiger partial charge < -0.3 is 9.30 Å². The second-order valence-corrected chi connectivity index (χ2v) is 2.55. The predicted molar refractivity (Wildman–Crippen MR) is 45.6 cm³/mol. The number of hydrogen-bond donors (Lipinski definition) is 0. The summed E-state index contributed by atoms with van der Waals surface area (Å²) in [5.74, 6) is 0. The fourth-order valence-electron chi connectivity index (χ4n) is 1.21. The number of methoxy groups -OCH3 is 1. The van der Waals surface area contributed by atoms with Crippen LogP contribution in [-0.4, -0.2) is 16.7 Å². The third-order valence-corrected chi connectivity index (χ3v) is 1.73. The first-order valence-electron chi connectivity index (χ1n) is 3.71. The molecule has 2 aromatic rings. The van der Waals surface area contributed by atoms with E-state index in [4.69, 9.17) is 4.74 Å². The van der Waals surface area contributed by atoms with E-state index in [-0.39, 0.29) is 0 Å². The highest BCUT2D eigenvalue weighted by molar-refractivity contribution is 5.75. The van der Waals surface area contributed by atoms with Crippen molar-refractivity contribution in [3.8, 4) is 0 Å². The molecule has 0 amide bonds. The third kappa shape index (κ3) is 1.08. The van der Waals surface area contributed by atoms with Crippen LogP contribution in [0.5, 0.6) is 0 Å². The van der Waals surface area contributed by atoms with Crippen molar-refractivity contribution in [3.63, 3.8) is 0 Å². The number of hydrogen-bond acceptors (Lipinski definition) is 2. The summed E-state index contributed by atoms with van der Waals surface area (Å²) < 4.78 is 6.95. The van der Waals surface area contributed by atoms with Crippen molar-refractivity contribution >= 4 is 11.0 Å². The quantitative estimate of drug-likeness (QED) is 0.666. The minimum Gasteiger partial charge on any atom is -0.364 e. The zero-order valence-electron chi connectivity index (χ0n) is 6.82. The van der Waals surface area contributed by atoms with Gasteiger partial charge in [0.1, 0.15) is 12.4 Å². The molecule has 0 aliphatic rings. The zero-order chi connectivity index (χ0) is 8.39. The van der Waals surface area contributed by atoms with E-state index < -0.39 is 0 Å². The molecule has 0 atom stereocenters. The summed E-state index contributed by atoms with van der Waals surface area (Å²) in [7, 11) is 1.67. The first-order chi connectivity index (χ1) is 5.92. The molecule has 2 aromatic heterocycles. The first-order valence-corrected chi connectivity index (χ1v) is 3.71. The van der Waals surface area contributed by atoms with Gasteiger partial charge in [-0.05, 0) is 12.1 Å². The molecular formula is C9H9N2O. The lowest BCUT2D eigenvalue weighted by Crippen LogP contribution is -1.98. The molecule has 0 aromatic carbocycles. The van der Waals surface area contributed by atoms with Gasteiger partial charge in [0.15, 0.2) is 0 Å². The number of pyridine rings is 1. The topological polar surface area (TPSA) is 27.1 Å².